The molecule has 0 saturated carbocycles. The molecule has 106 valence electrons. The number of thiazole rings is 1. The molecule has 1 unspecified atom stereocenters. The number of halogens is 3. The highest BCUT2D eigenvalue weighted by Crippen LogP contribution is 2.33. The summed E-state index contributed by atoms with van der Waals surface area (Å²) in [5.74, 6) is 0. The smallest absolute Gasteiger partial charge is 0.219 e. The van der Waals surface area contributed by atoms with Crippen molar-refractivity contribution in [3.63, 3.8) is 0 Å². The second kappa shape index (κ2) is 5.44. The minimum atomic E-state index is -4.68. The van der Waals surface area contributed by atoms with Crippen molar-refractivity contribution in [3.05, 3.63) is 10.4 Å². The maximum absolute atomic E-state index is 12.4. The van der Waals surface area contributed by atoms with Crippen LogP contribution in [0.2, 0.25) is 0 Å². The number of hydrogen-bond acceptors (Lipinski definition) is 5. The summed E-state index contributed by atoms with van der Waals surface area (Å²) < 4.78 is 62.1. The zero-order chi connectivity index (χ0) is 14.8. The monoisotopic (exact) mass is 313 g/mol. The van der Waals surface area contributed by atoms with E-state index in [4.69, 9.17) is 5.26 Å². The van der Waals surface area contributed by atoms with Crippen LogP contribution in [-0.4, -0.2) is 30.3 Å². The second-order valence-electron chi connectivity index (χ2n) is 3.50. The van der Waals surface area contributed by atoms with Crippen molar-refractivity contribution in [2.75, 3.05) is 6.54 Å². The molecule has 0 fully saturated rings. The number of nitrogens with zero attached hydrogens (tertiary/aromatic N) is 3. The van der Waals surface area contributed by atoms with Crippen LogP contribution in [0, 0.1) is 11.3 Å². The van der Waals surface area contributed by atoms with Gasteiger partial charge in [-0.25, -0.2) is 13.4 Å². The summed E-state index contributed by atoms with van der Waals surface area (Å²) in [6.07, 6.45) is -4.68. The van der Waals surface area contributed by atoms with Gasteiger partial charge in [-0.3, -0.25) is 0 Å². The van der Waals surface area contributed by atoms with Gasteiger partial charge < -0.3 is 0 Å². The van der Waals surface area contributed by atoms with E-state index >= 15 is 0 Å². The van der Waals surface area contributed by atoms with Crippen LogP contribution >= 0.6 is 11.3 Å². The number of sulfonamides is 1. The van der Waals surface area contributed by atoms with Crippen LogP contribution in [0.3, 0.4) is 0 Å². The summed E-state index contributed by atoms with van der Waals surface area (Å²) in [6, 6.07) is 0.748. The largest absolute Gasteiger partial charge is 0.443 e. The van der Waals surface area contributed by atoms with Gasteiger partial charge in [0.05, 0.1) is 6.07 Å². The standard InChI is InChI=1S/C9H10F3N3O2S2/c1-3-15(6(2)4-13)19(16,17)7-5-18-8(14-7)9(10,11)12/h5-6H,3H2,1-2H3. The molecule has 0 aromatic carbocycles. The van der Waals surface area contributed by atoms with Gasteiger partial charge in [-0.1, -0.05) is 6.92 Å². The number of nitriles is 1. The van der Waals surface area contributed by atoms with Crippen molar-refractivity contribution in [2.24, 2.45) is 0 Å². The summed E-state index contributed by atoms with van der Waals surface area (Å²) in [7, 11) is -4.19. The molecule has 1 heterocycles. The topological polar surface area (TPSA) is 74.1 Å². The van der Waals surface area contributed by atoms with Crippen molar-refractivity contribution in [1.82, 2.24) is 9.29 Å². The Morgan fingerprint density at radius 2 is 2.16 bits per heavy atom. The maximum Gasteiger partial charge on any atom is 0.443 e. The first kappa shape index (κ1) is 15.9. The fraction of sp³-hybridized carbons (Fsp3) is 0.556. The van der Waals surface area contributed by atoms with Crippen LogP contribution in [0.15, 0.2) is 10.4 Å². The van der Waals surface area contributed by atoms with Gasteiger partial charge in [0.2, 0.25) is 0 Å². The van der Waals surface area contributed by atoms with E-state index in [1.165, 1.54) is 13.8 Å². The molecule has 1 aromatic heterocycles. The minimum absolute atomic E-state index is 0.0318. The molecule has 0 aliphatic carbocycles. The first-order chi connectivity index (χ1) is 8.64. The van der Waals surface area contributed by atoms with Gasteiger partial charge in [0.15, 0.2) is 10.0 Å². The average Bonchev–Trinajstić information content (AvgIpc) is 2.78. The van der Waals surface area contributed by atoms with Gasteiger partial charge in [0, 0.05) is 11.9 Å². The molecule has 0 N–H and O–H groups in total. The van der Waals surface area contributed by atoms with Gasteiger partial charge >= 0.3 is 6.18 Å². The second-order valence-corrected chi connectivity index (χ2v) is 6.20. The summed E-state index contributed by atoms with van der Waals surface area (Å²) in [4.78, 5) is 3.09. The van der Waals surface area contributed by atoms with Crippen molar-refractivity contribution < 1.29 is 21.6 Å². The summed E-state index contributed by atoms with van der Waals surface area (Å²) in [5, 5.41) is 7.64. The molecule has 1 atom stereocenters. The zero-order valence-electron chi connectivity index (χ0n) is 9.97. The van der Waals surface area contributed by atoms with E-state index in [9.17, 15) is 21.6 Å². The lowest BCUT2D eigenvalue weighted by molar-refractivity contribution is -0.137. The number of rotatable bonds is 4. The number of hydrogen-bond donors (Lipinski definition) is 0. The van der Waals surface area contributed by atoms with Gasteiger partial charge in [-0.05, 0) is 6.92 Å². The highest BCUT2D eigenvalue weighted by atomic mass is 32.2. The third-order valence-electron chi connectivity index (χ3n) is 2.23. The van der Waals surface area contributed by atoms with E-state index in [2.05, 4.69) is 4.98 Å². The lowest BCUT2D eigenvalue weighted by Gasteiger charge is -2.20. The molecule has 5 nitrogen and oxygen atoms in total. The van der Waals surface area contributed by atoms with Crippen molar-refractivity contribution >= 4 is 21.4 Å². The van der Waals surface area contributed by atoms with Crippen LogP contribution in [0.4, 0.5) is 13.2 Å². The van der Waals surface area contributed by atoms with Gasteiger partial charge in [0.1, 0.15) is 6.04 Å². The highest BCUT2D eigenvalue weighted by molar-refractivity contribution is 7.89. The van der Waals surface area contributed by atoms with E-state index in [1.54, 1.807) is 6.07 Å². The lowest BCUT2D eigenvalue weighted by atomic mass is 10.4. The van der Waals surface area contributed by atoms with E-state index in [0.717, 1.165) is 9.69 Å². The molecule has 0 radical (unpaired) electrons. The Kier molecular flexibility index (Phi) is 4.54. The molecule has 0 spiro atoms. The molecule has 0 saturated heterocycles. The van der Waals surface area contributed by atoms with Crippen molar-refractivity contribution in [2.45, 2.75) is 31.1 Å². The molecule has 0 aliphatic heterocycles. The summed E-state index contributed by atoms with van der Waals surface area (Å²) in [6.45, 7) is 2.80. The van der Waals surface area contributed by atoms with E-state index in [-0.39, 0.29) is 17.9 Å². The summed E-state index contributed by atoms with van der Waals surface area (Å²) in [5.41, 5.74) is 0. The van der Waals surface area contributed by atoms with E-state index in [0.29, 0.717) is 0 Å². The number of alkyl halides is 3. The Hall–Kier alpha value is -1.18. The third-order valence-corrected chi connectivity index (χ3v) is 5.20. The molecular formula is C9H10F3N3O2S2. The van der Waals surface area contributed by atoms with E-state index in [1.807, 2.05) is 0 Å². The Morgan fingerprint density at radius 3 is 2.53 bits per heavy atom. The zero-order valence-corrected chi connectivity index (χ0v) is 11.6. The van der Waals surface area contributed by atoms with Crippen LogP contribution in [0.25, 0.3) is 0 Å². The Bertz CT molecular complexity index is 589. The predicted molar refractivity (Wildman–Crippen MR) is 61.8 cm³/mol. The highest BCUT2D eigenvalue weighted by Gasteiger charge is 2.37. The van der Waals surface area contributed by atoms with Gasteiger partial charge in [-0.2, -0.15) is 22.7 Å². The molecule has 0 amide bonds. The molecule has 19 heavy (non-hydrogen) atoms. The third kappa shape index (κ3) is 3.23. The fourth-order valence-electron chi connectivity index (χ4n) is 1.34. The average molecular weight is 313 g/mol. The first-order valence-electron chi connectivity index (χ1n) is 5.08. The maximum atomic E-state index is 12.4. The van der Waals surface area contributed by atoms with Crippen LogP contribution in [0.1, 0.15) is 18.9 Å². The quantitative estimate of drug-likeness (QED) is 0.853. The molecule has 0 bridgehead atoms. The lowest BCUT2D eigenvalue weighted by Crippen LogP contribution is -2.37. The molecule has 0 aliphatic rings. The van der Waals surface area contributed by atoms with Gasteiger partial charge in [0.25, 0.3) is 10.0 Å². The molecule has 1 rings (SSSR count). The van der Waals surface area contributed by atoms with Crippen LogP contribution in [0.5, 0.6) is 0 Å². The predicted octanol–water partition coefficient (Wildman–Crippen LogP) is 2.08. The van der Waals surface area contributed by atoms with Crippen LogP contribution in [-0.2, 0) is 16.2 Å². The van der Waals surface area contributed by atoms with Crippen LogP contribution < -0.4 is 0 Å². The fourth-order valence-corrected chi connectivity index (χ4v) is 3.83. The first-order valence-corrected chi connectivity index (χ1v) is 7.40. The Morgan fingerprint density at radius 1 is 1.58 bits per heavy atom. The summed E-state index contributed by atoms with van der Waals surface area (Å²) >= 11 is 0.206. The minimum Gasteiger partial charge on any atom is -0.219 e. The van der Waals surface area contributed by atoms with Crippen molar-refractivity contribution in [3.8, 4) is 6.07 Å². The normalized spacial score (nSPS) is 14.4. The Labute approximate surface area is 112 Å². The molecule has 1 aromatic rings. The number of aromatic nitrogens is 1. The van der Waals surface area contributed by atoms with E-state index < -0.39 is 32.3 Å². The van der Waals surface area contributed by atoms with Crippen molar-refractivity contribution in [1.29, 1.82) is 5.26 Å². The molecule has 10 heteroatoms. The SMILES string of the molecule is CCN(C(C)C#N)S(=O)(=O)c1csc(C(F)(F)F)n1. The Balaban J connectivity index is 3.21. The molecular weight excluding hydrogens is 303 g/mol. The van der Waals surface area contributed by atoms with Gasteiger partial charge in [-0.15, -0.1) is 11.3 Å².